The van der Waals surface area contributed by atoms with E-state index in [4.69, 9.17) is 23.0 Å². The molecule has 0 spiro atoms. The van der Waals surface area contributed by atoms with Crippen LogP contribution >= 0.6 is 7.82 Å². The van der Waals surface area contributed by atoms with Crippen LogP contribution in [0.4, 0.5) is 0 Å². The number of hydrogen-bond donors (Lipinski definition) is 1. The molecule has 1 aromatic carbocycles. The van der Waals surface area contributed by atoms with Gasteiger partial charge in [0.25, 0.3) is 5.91 Å². The zero-order chi connectivity index (χ0) is 24.8. The van der Waals surface area contributed by atoms with Crippen molar-refractivity contribution in [2.45, 2.75) is 20.8 Å². The van der Waals surface area contributed by atoms with E-state index in [9.17, 15) is 19.3 Å². The SMILES string of the molecule is CCOC(=O)c1c(O)c(OP(=O)(OCC)OCC)c(C(=O)N(C)C)n1-c1ccc(OC)cc1. The van der Waals surface area contributed by atoms with Crippen LogP contribution in [0.15, 0.2) is 24.3 Å². The fourth-order valence-corrected chi connectivity index (χ4v) is 4.13. The molecule has 33 heavy (non-hydrogen) atoms. The Hall–Kier alpha value is -3.01. The lowest BCUT2D eigenvalue weighted by atomic mass is 10.2. The zero-order valence-corrected chi connectivity index (χ0v) is 20.4. The summed E-state index contributed by atoms with van der Waals surface area (Å²) in [7, 11) is 0.206. The Morgan fingerprint density at radius 3 is 2.03 bits per heavy atom. The molecule has 182 valence electrons. The van der Waals surface area contributed by atoms with Crippen LogP contribution in [0.3, 0.4) is 0 Å². The van der Waals surface area contributed by atoms with E-state index in [-0.39, 0.29) is 31.2 Å². The number of benzene rings is 1. The second kappa shape index (κ2) is 11.2. The van der Waals surface area contributed by atoms with Crippen molar-refractivity contribution in [1.82, 2.24) is 9.47 Å². The minimum atomic E-state index is -4.24. The topological polar surface area (TPSA) is 126 Å². The Balaban J connectivity index is 2.89. The highest BCUT2D eigenvalue weighted by atomic mass is 31.2. The summed E-state index contributed by atoms with van der Waals surface area (Å²) in [4.78, 5) is 27.2. The van der Waals surface area contributed by atoms with Crippen molar-refractivity contribution in [3.63, 3.8) is 0 Å². The summed E-state index contributed by atoms with van der Waals surface area (Å²) < 4.78 is 40.3. The smallest absolute Gasteiger partial charge is 0.503 e. The third kappa shape index (κ3) is 5.68. The highest BCUT2D eigenvalue weighted by Crippen LogP contribution is 2.54. The summed E-state index contributed by atoms with van der Waals surface area (Å²) in [5.41, 5.74) is -0.344. The molecular weight excluding hydrogens is 455 g/mol. The highest BCUT2D eigenvalue weighted by Gasteiger charge is 2.39. The quantitative estimate of drug-likeness (QED) is 0.376. The largest absolute Gasteiger partial charge is 0.530 e. The number of phosphoric acid groups is 1. The van der Waals surface area contributed by atoms with Crippen molar-refractivity contribution in [2.75, 3.05) is 41.0 Å². The summed E-state index contributed by atoms with van der Waals surface area (Å²) in [5, 5.41) is 11.0. The molecule has 12 heteroatoms. The lowest BCUT2D eigenvalue weighted by molar-refractivity contribution is 0.0513. The first-order valence-corrected chi connectivity index (χ1v) is 11.7. The molecule has 0 saturated carbocycles. The number of amides is 1. The predicted molar refractivity (Wildman–Crippen MR) is 119 cm³/mol. The number of aromatic nitrogens is 1. The van der Waals surface area contributed by atoms with E-state index in [0.717, 1.165) is 0 Å². The summed E-state index contributed by atoms with van der Waals surface area (Å²) in [6.45, 7) is 4.70. The van der Waals surface area contributed by atoms with Gasteiger partial charge < -0.3 is 24.0 Å². The standard InChI is InChI=1S/C21H29N2O9P/c1-7-29-21(26)16-18(24)19(32-33(27,30-8-2)31-9-3)17(20(25)22(4)5)23(16)14-10-12-15(28-6)13-11-14/h10-13,24H,7-9H2,1-6H3. The highest BCUT2D eigenvalue weighted by molar-refractivity contribution is 7.48. The van der Waals surface area contributed by atoms with Gasteiger partial charge in [-0.1, -0.05) is 0 Å². The van der Waals surface area contributed by atoms with Gasteiger partial charge in [0.15, 0.2) is 17.1 Å². The molecule has 0 saturated heterocycles. The van der Waals surface area contributed by atoms with Crippen LogP contribution < -0.4 is 9.26 Å². The van der Waals surface area contributed by atoms with Crippen molar-refractivity contribution in [3.8, 4) is 22.9 Å². The van der Waals surface area contributed by atoms with E-state index < -0.39 is 31.2 Å². The van der Waals surface area contributed by atoms with E-state index in [2.05, 4.69) is 0 Å². The van der Waals surface area contributed by atoms with E-state index in [1.807, 2.05) is 0 Å². The summed E-state index contributed by atoms with van der Waals surface area (Å²) in [6.07, 6.45) is 0. The van der Waals surface area contributed by atoms with Crippen molar-refractivity contribution in [1.29, 1.82) is 0 Å². The van der Waals surface area contributed by atoms with Crippen molar-refractivity contribution in [2.24, 2.45) is 0 Å². The Kier molecular flexibility index (Phi) is 8.92. The third-order valence-corrected chi connectivity index (χ3v) is 5.84. The molecule has 1 aromatic heterocycles. The fourth-order valence-electron chi connectivity index (χ4n) is 2.92. The molecule has 2 rings (SSSR count). The van der Waals surface area contributed by atoms with Crippen molar-refractivity contribution in [3.05, 3.63) is 35.7 Å². The van der Waals surface area contributed by atoms with E-state index >= 15 is 0 Å². The second-order valence-electron chi connectivity index (χ2n) is 6.70. The van der Waals surface area contributed by atoms with E-state index in [0.29, 0.717) is 11.4 Å². The summed E-state index contributed by atoms with van der Waals surface area (Å²) in [6, 6.07) is 6.36. The molecule has 0 aliphatic carbocycles. The Labute approximate surface area is 192 Å². The molecule has 0 aliphatic heterocycles. The van der Waals surface area contributed by atoms with Crippen LogP contribution in [-0.2, 0) is 18.3 Å². The average Bonchev–Trinajstić information content (AvgIpc) is 3.05. The number of carbonyl (C=O) groups excluding carboxylic acids is 2. The molecule has 1 heterocycles. The molecular formula is C21H29N2O9P. The van der Waals surface area contributed by atoms with Crippen LogP contribution in [0.25, 0.3) is 5.69 Å². The maximum atomic E-state index is 13.2. The van der Waals surface area contributed by atoms with Crippen LogP contribution in [0, 0.1) is 0 Å². The molecule has 0 radical (unpaired) electrons. The normalized spacial score (nSPS) is 11.2. The van der Waals surface area contributed by atoms with Gasteiger partial charge in [-0.05, 0) is 45.0 Å². The number of esters is 1. The number of ether oxygens (including phenoxy) is 2. The summed E-state index contributed by atoms with van der Waals surface area (Å²) in [5.74, 6) is -2.31. The van der Waals surface area contributed by atoms with E-state index in [1.165, 1.54) is 30.7 Å². The van der Waals surface area contributed by atoms with Gasteiger partial charge in [0.1, 0.15) is 5.75 Å². The Morgan fingerprint density at radius 1 is 1.00 bits per heavy atom. The van der Waals surface area contributed by atoms with Crippen LogP contribution in [0.2, 0.25) is 0 Å². The monoisotopic (exact) mass is 484 g/mol. The molecule has 0 aliphatic rings. The van der Waals surface area contributed by atoms with Crippen LogP contribution in [0.5, 0.6) is 17.2 Å². The molecule has 0 bridgehead atoms. The fraction of sp³-hybridized carbons (Fsp3) is 0.429. The number of carbonyl (C=O) groups is 2. The Morgan fingerprint density at radius 2 is 1.58 bits per heavy atom. The lowest BCUT2D eigenvalue weighted by Gasteiger charge is -2.19. The number of rotatable bonds is 11. The van der Waals surface area contributed by atoms with Gasteiger partial charge >= 0.3 is 13.8 Å². The first kappa shape index (κ1) is 26.2. The maximum Gasteiger partial charge on any atom is 0.530 e. The molecule has 11 nitrogen and oxygen atoms in total. The number of nitrogens with zero attached hydrogens (tertiary/aromatic N) is 2. The van der Waals surface area contributed by atoms with Gasteiger partial charge in [0.2, 0.25) is 5.75 Å². The number of methoxy groups -OCH3 is 1. The lowest BCUT2D eigenvalue weighted by Crippen LogP contribution is -2.26. The zero-order valence-electron chi connectivity index (χ0n) is 19.5. The maximum absolute atomic E-state index is 13.2. The van der Waals surface area contributed by atoms with Gasteiger partial charge in [-0.25, -0.2) is 9.36 Å². The van der Waals surface area contributed by atoms with Gasteiger partial charge in [0, 0.05) is 19.8 Å². The van der Waals surface area contributed by atoms with Crippen molar-refractivity contribution < 1.29 is 42.3 Å². The third-order valence-electron chi connectivity index (χ3n) is 4.29. The number of aromatic hydroxyl groups is 1. The molecule has 1 N–H and O–H groups in total. The van der Waals surface area contributed by atoms with Gasteiger partial charge in [0.05, 0.1) is 26.9 Å². The molecule has 2 aromatic rings. The predicted octanol–water partition coefficient (Wildman–Crippen LogP) is 3.63. The number of phosphoric ester groups is 1. The van der Waals surface area contributed by atoms with Gasteiger partial charge in [-0.2, -0.15) is 0 Å². The van der Waals surface area contributed by atoms with Crippen LogP contribution in [0.1, 0.15) is 41.7 Å². The van der Waals surface area contributed by atoms with Crippen LogP contribution in [-0.4, -0.2) is 67.5 Å². The average molecular weight is 484 g/mol. The van der Waals surface area contributed by atoms with Gasteiger partial charge in [-0.3, -0.25) is 18.4 Å². The summed E-state index contributed by atoms with van der Waals surface area (Å²) >= 11 is 0. The Bertz CT molecular complexity index is 1020. The molecule has 0 atom stereocenters. The van der Waals surface area contributed by atoms with Gasteiger partial charge in [-0.15, -0.1) is 0 Å². The van der Waals surface area contributed by atoms with Crippen molar-refractivity contribution >= 4 is 19.7 Å². The first-order chi connectivity index (χ1) is 15.6. The second-order valence-corrected chi connectivity index (χ2v) is 8.30. The first-order valence-electron chi connectivity index (χ1n) is 10.2. The van der Waals surface area contributed by atoms with E-state index in [1.54, 1.807) is 45.0 Å². The number of hydrogen-bond acceptors (Lipinski definition) is 9. The minimum Gasteiger partial charge on any atom is -0.503 e. The molecule has 0 unspecified atom stereocenters. The minimum absolute atomic E-state index is 0.00953. The molecule has 1 amide bonds. The molecule has 0 fully saturated rings.